The van der Waals surface area contributed by atoms with E-state index in [1.54, 1.807) is 25.3 Å². The second-order valence-electron chi connectivity index (χ2n) is 3.40. The summed E-state index contributed by atoms with van der Waals surface area (Å²) >= 11 is 0. The highest BCUT2D eigenvalue weighted by Gasteiger charge is 1.99. The average molecular weight is 238 g/mol. The zero-order valence-electron chi connectivity index (χ0n) is 9.94. The molecule has 5 heteroatoms. The summed E-state index contributed by atoms with van der Waals surface area (Å²) in [5.41, 5.74) is 6.04. The largest absolute Gasteiger partial charge is 0.491 e. The Labute approximate surface area is 101 Å². The Morgan fingerprint density at radius 2 is 2.00 bits per heavy atom. The molecule has 0 heterocycles. The van der Waals surface area contributed by atoms with Gasteiger partial charge in [0.2, 0.25) is 0 Å². The molecule has 0 saturated heterocycles. The predicted molar refractivity (Wildman–Crippen MR) is 65.6 cm³/mol. The Hall–Kier alpha value is -1.59. The van der Waals surface area contributed by atoms with Crippen molar-refractivity contribution in [2.24, 2.45) is 5.73 Å². The van der Waals surface area contributed by atoms with Crippen molar-refractivity contribution >= 4 is 5.84 Å². The summed E-state index contributed by atoms with van der Waals surface area (Å²) in [5, 5.41) is 7.30. The third-order valence-corrected chi connectivity index (χ3v) is 2.07. The molecule has 0 spiro atoms. The minimum atomic E-state index is 0.0341. The highest BCUT2D eigenvalue weighted by Crippen LogP contribution is 2.12. The molecule has 94 valence electrons. The molecule has 0 aliphatic carbocycles. The summed E-state index contributed by atoms with van der Waals surface area (Å²) < 4.78 is 15.6. The Bertz CT molecular complexity index is 355. The van der Waals surface area contributed by atoms with Crippen molar-refractivity contribution < 1.29 is 14.2 Å². The fourth-order valence-corrected chi connectivity index (χ4v) is 1.22. The summed E-state index contributed by atoms with van der Waals surface area (Å²) in [5.74, 6) is 0.722. The molecule has 0 bridgehead atoms. The van der Waals surface area contributed by atoms with E-state index in [0.29, 0.717) is 37.7 Å². The first kappa shape index (κ1) is 13.5. The molecule has 0 saturated carbocycles. The quantitative estimate of drug-likeness (QED) is 0.402. The van der Waals surface area contributed by atoms with E-state index in [1.165, 1.54) is 0 Å². The van der Waals surface area contributed by atoms with E-state index in [-0.39, 0.29) is 5.84 Å². The van der Waals surface area contributed by atoms with Crippen LogP contribution in [0.15, 0.2) is 24.3 Å². The van der Waals surface area contributed by atoms with Crippen molar-refractivity contribution in [3.05, 3.63) is 29.8 Å². The van der Waals surface area contributed by atoms with E-state index in [2.05, 4.69) is 0 Å². The standard InChI is InChI=1S/C12H18N2O3/c1-15-5-6-16-7-8-17-11-4-2-3-10(9-11)12(13)14/h2-4,9H,5-8H2,1H3,(H3,13,14). The molecular weight excluding hydrogens is 220 g/mol. The maximum absolute atomic E-state index is 7.30. The number of nitrogen functional groups attached to an aromatic ring is 1. The van der Waals surface area contributed by atoms with Gasteiger partial charge in [-0.3, -0.25) is 5.41 Å². The molecular formula is C12H18N2O3. The lowest BCUT2D eigenvalue weighted by atomic mass is 10.2. The Morgan fingerprint density at radius 3 is 2.71 bits per heavy atom. The molecule has 0 amide bonds. The molecule has 1 rings (SSSR count). The van der Waals surface area contributed by atoms with Gasteiger partial charge in [0.25, 0.3) is 0 Å². The van der Waals surface area contributed by atoms with E-state index in [0.717, 1.165) is 0 Å². The van der Waals surface area contributed by atoms with Crippen LogP contribution in [0.25, 0.3) is 0 Å². The minimum Gasteiger partial charge on any atom is -0.491 e. The average Bonchev–Trinajstić information content (AvgIpc) is 2.34. The summed E-state index contributed by atoms with van der Waals surface area (Å²) in [7, 11) is 1.63. The lowest BCUT2D eigenvalue weighted by Gasteiger charge is -2.08. The number of methoxy groups -OCH3 is 1. The van der Waals surface area contributed by atoms with E-state index in [1.807, 2.05) is 6.07 Å². The number of hydrogen-bond donors (Lipinski definition) is 2. The van der Waals surface area contributed by atoms with Gasteiger partial charge in [-0.05, 0) is 12.1 Å². The molecule has 1 aromatic rings. The van der Waals surface area contributed by atoms with E-state index in [4.69, 9.17) is 25.4 Å². The number of amidine groups is 1. The van der Waals surface area contributed by atoms with Crippen LogP contribution in [-0.4, -0.2) is 39.4 Å². The topological polar surface area (TPSA) is 77.6 Å². The molecule has 0 aliphatic heterocycles. The van der Waals surface area contributed by atoms with Gasteiger partial charge in [0.05, 0.1) is 19.8 Å². The number of nitrogens with one attached hydrogen (secondary N) is 1. The third-order valence-electron chi connectivity index (χ3n) is 2.07. The van der Waals surface area contributed by atoms with Crippen molar-refractivity contribution in [2.45, 2.75) is 0 Å². The molecule has 0 aliphatic rings. The number of nitrogens with two attached hydrogens (primary N) is 1. The van der Waals surface area contributed by atoms with Gasteiger partial charge >= 0.3 is 0 Å². The van der Waals surface area contributed by atoms with Crippen molar-refractivity contribution in [1.82, 2.24) is 0 Å². The van der Waals surface area contributed by atoms with Crippen LogP contribution in [0, 0.1) is 5.41 Å². The van der Waals surface area contributed by atoms with Crippen LogP contribution in [0.3, 0.4) is 0 Å². The fourth-order valence-electron chi connectivity index (χ4n) is 1.22. The third kappa shape index (κ3) is 5.33. The van der Waals surface area contributed by atoms with Crippen LogP contribution in [0.5, 0.6) is 5.75 Å². The van der Waals surface area contributed by atoms with Crippen LogP contribution in [0.4, 0.5) is 0 Å². The molecule has 17 heavy (non-hydrogen) atoms. The Kier molecular flexibility index (Phi) is 6.06. The van der Waals surface area contributed by atoms with Crippen LogP contribution in [0.1, 0.15) is 5.56 Å². The highest BCUT2D eigenvalue weighted by atomic mass is 16.5. The van der Waals surface area contributed by atoms with E-state index in [9.17, 15) is 0 Å². The number of rotatable bonds is 8. The lowest BCUT2D eigenvalue weighted by Crippen LogP contribution is -2.12. The van der Waals surface area contributed by atoms with Gasteiger partial charge in [-0.1, -0.05) is 12.1 Å². The first-order valence-electron chi connectivity index (χ1n) is 5.38. The number of hydrogen-bond acceptors (Lipinski definition) is 4. The zero-order valence-corrected chi connectivity index (χ0v) is 9.94. The van der Waals surface area contributed by atoms with Gasteiger partial charge in [0, 0.05) is 12.7 Å². The Balaban J connectivity index is 2.27. The SMILES string of the molecule is COCCOCCOc1cccc(C(=N)N)c1. The number of ether oxygens (including phenoxy) is 3. The first-order chi connectivity index (χ1) is 8.24. The summed E-state index contributed by atoms with van der Waals surface area (Å²) in [6, 6.07) is 7.13. The van der Waals surface area contributed by atoms with Gasteiger partial charge in [0.1, 0.15) is 18.2 Å². The minimum absolute atomic E-state index is 0.0341. The second kappa shape index (κ2) is 7.65. The number of benzene rings is 1. The zero-order chi connectivity index (χ0) is 12.5. The maximum atomic E-state index is 7.30. The Morgan fingerprint density at radius 1 is 1.24 bits per heavy atom. The van der Waals surface area contributed by atoms with E-state index < -0.39 is 0 Å². The second-order valence-corrected chi connectivity index (χ2v) is 3.40. The van der Waals surface area contributed by atoms with Gasteiger partial charge in [0.15, 0.2) is 0 Å². The van der Waals surface area contributed by atoms with Crippen molar-refractivity contribution in [2.75, 3.05) is 33.5 Å². The molecule has 0 atom stereocenters. The highest BCUT2D eigenvalue weighted by molar-refractivity contribution is 5.95. The van der Waals surface area contributed by atoms with Crippen LogP contribution < -0.4 is 10.5 Å². The molecule has 1 aromatic carbocycles. The fraction of sp³-hybridized carbons (Fsp3) is 0.417. The van der Waals surface area contributed by atoms with Gasteiger partial charge in [-0.15, -0.1) is 0 Å². The predicted octanol–water partition coefficient (Wildman–Crippen LogP) is 1.01. The van der Waals surface area contributed by atoms with Crippen molar-refractivity contribution in [3.8, 4) is 5.75 Å². The van der Waals surface area contributed by atoms with Crippen LogP contribution in [-0.2, 0) is 9.47 Å². The summed E-state index contributed by atoms with van der Waals surface area (Å²) in [6.45, 7) is 2.12. The van der Waals surface area contributed by atoms with Crippen molar-refractivity contribution in [3.63, 3.8) is 0 Å². The molecule has 3 N–H and O–H groups in total. The summed E-state index contributed by atoms with van der Waals surface area (Å²) in [4.78, 5) is 0. The van der Waals surface area contributed by atoms with E-state index >= 15 is 0 Å². The first-order valence-corrected chi connectivity index (χ1v) is 5.38. The smallest absolute Gasteiger partial charge is 0.122 e. The molecule has 5 nitrogen and oxygen atoms in total. The van der Waals surface area contributed by atoms with Crippen molar-refractivity contribution in [1.29, 1.82) is 5.41 Å². The molecule has 0 unspecified atom stereocenters. The summed E-state index contributed by atoms with van der Waals surface area (Å²) in [6.07, 6.45) is 0. The van der Waals surface area contributed by atoms with Gasteiger partial charge in [-0.25, -0.2) is 0 Å². The lowest BCUT2D eigenvalue weighted by molar-refractivity contribution is 0.0544. The monoisotopic (exact) mass is 238 g/mol. The normalized spacial score (nSPS) is 10.2. The van der Waals surface area contributed by atoms with Crippen LogP contribution in [0.2, 0.25) is 0 Å². The molecule has 0 fully saturated rings. The molecule has 0 aromatic heterocycles. The van der Waals surface area contributed by atoms with Crippen LogP contribution >= 0.6 is 0 Å². The van der Waals surface area contributed by atoms with Gasteiger partial charge < -0.3 is 19.9 Å². The molecule has 0 radical (unpaired) electrons. The maximum Gasteiger partial charge on any atom is 0.122 e. The van der Waals surface area contributed by atoms with Gasteiger partial charge in [-0.2, -0.15) is 0 Å².